The minimum atomic E-state index is -0.811. The molecule has 0 saturated carbocycles. The molecule has 1 aromatic rings. The highest BCUT2D eigenvalue weighted by atomic mass is 127. The molecule has 2 atom stereocenters. The smallest absolute Gasteiger partial charge is 0.412 e. The quantitative estimate of drug-likeness (QED) is 0.287. The van der Waals surface area contributed by atoms with Crippen molar-refractivity contribution in [1.82, 2.24) is 20.5 Å². The SMILES string of the molecule is CN=C(NCC(=O)Nc1cccnc1)NCC1C(C)OC(C)(C)N1C(=O)OC(C)(C)C.I. The molecule has 0 aromatic carbocycles. The summed E-state index contributed by atoms with van der Waals surface area (Å²) in [5.41, 5.74) is -0.811. The number of aromatic nitrogens is 1. The predicted molar refractivity (Wildman–Crippen MR) is 134 cm³/mol. The number of carbonyl (C=O) groups excluding carboxylic acids is 2. The van der Waals surface area contributed by atoms with E-state index >= 15 is 0 Å². The molecule has 1 aliphatic heterocycles. The molecule has 180 valence electrons. The van der Waals surface area contributed by atoms with E-state index in [1.165, 1.54) is 0 Å². The molecular formula is C21H35IN6O4. The summed E-state index contributed by atoms with van der Waals surface area (Å²) in [6.45, 7) is 11.5. The summed E-state index contributed by atoms with van der Waals surface area (Å²) < 4.78 is 11.6. The number of rotatable bonds is 5. The van der Waals surface area contributed by atoms with Gasteiger partial charge in [0.1, 0.15) is 11.3 Å². The van der Waals surface area contributed by atoms with Crippen LogP contribution in [0.25, 0.3) is 0 Å². The third-order valence-electron chi connectivity index (χ3n) is 4.58. The van der Waals surface area contributed by atoms with Gasteiger partial charge >= 0.3 is 6.09 Å². The van der Waals surface area contributed by atoms with Crippen LogP contribution in [-0.2, 0) is 14.3 Å². The van der Waals surface area contributed by atoms with E-state index < -0.39 is 17.4 Å². The summed E-state index contributed by atoms with van der Waals surface area (Å²) in [7, 11) is 1.61. The molecule has 2 unspecified atom stereocenters. The normalized spacial score (nSPS) is 20.2. The van der Waals surface area contributed by atoms with E-state index in [2.05, 4.69) is 25.9 Å². The molecule has 2 amide bonds. The van der Waals surface area contributed by atoms with Crippen molar-refractivity contribution in [1.29, 1.82) is 0 Å². The second-order valence-electron chi connectivity index (χ2n) is 8.78. The van der Waals surface area contributed by atoms with Gasteiger partial charge in [0, 0.05) is 19.8 Å². The summed E-state index contributed by atoms with van der Waals surface area (Å²) in [6.07, 6.45) is 2.55. The van der Waals surface area contributed by atoms with Crippen molar-refractivity contribution < 1.29 is 19.1 Å². The van der Waals surface area contributed by atoms with E-state index in [4.69, 9.17) is 9.47 Å². The molecule has 2 rings (SSSR count). The topological polar surface area (TPSA) is 117 Å². The highest BCUT2D eigenvalue weighted by Crippen LogP contribution is 2.33. The van der Waals surface area contributed by atoms with Gasteiger partial charge in [0.15, 0.2) is 5.96 Å². The molecule has 0 spiro atoms. The highest BCUT2D eigenvalue weighted by molar-refractivity contribution is 14.0. The number of anilines is 1. The maximum Gasteiger partial charge on any atom is 0.412 e. The lowest BCUT2D eigenvalue weighted by atomic mass is 10.1. The van der Waals surface area contributed by atoms with Crippen LogP contribution >= 0.6 is 24.0 Å². The zero-order valence-corrected chi connectivity index (χ0v) is 22.1. The Balaban J connectivity index is 0.00000512. The molecule has 1 saturated heterocycles. The van der Waals surface area contributed by atoms with Crippen molar-refractivity contribution >= 4 is 47.6 Å². The molecule has 0 bridgehead atoms. The molecule has 11 heteroatoms. The number of amides is 2. The number of halogens is 1. The lowest BCUT2D eigenvalue weighted by molar-refractivity contribution is -0.115. The summed E-state index contributed by atoms with van der Waals surface area (Å²) in [5, 5.41) is 8.87. The van der Waals surface area contributed by atoms with Crippen molar-refractivity contribution in [2.24, 2.45) is 4.99 Å². The summed E-state index contributed by atoms with van der Waals surface area (Å²) in [5.74, 6) is 0.201. The van der Waals surface area contributed by atoms with Gasteiger partial charge in [-0.05, 0) is 53.7 Å². The van der Waals surface area contributed by atoms with Crippen LogP contribution in [0.4, 0.5) is 10.5 Å². The second kappa shape index (κ2) is 11.6. The van der Waals surface area contributed by atoms with Crippen LogP contribution in [0, 0.1) is 0 Å². The van der Waals surface area contributed by atoms with Crippen LogP contribution in [0.5, 0.6) is 0 Å². The minimum absolute atomic E-state index is 0. The minimum Gasteiger partial charge on any atom is -0.444 e. The number of carbonyl (C=O) groups is 2. The first kappa shape index (κ1) is 27.9. The van der Waals surface area contributed by atoms with Crippen LogP contribution in [0.2, 0.25) is 0 Å². The number of pyridine rings is 1. The number of guanidine groups is 1. The van der Waals surface area contributed by atoms with Crippen LogP contribution in [0.15, 0.2) is 29.5 Å². The van der Waals surface area contributed by atoms with Crippen molar-refractivity contribution in [3.63, 3.8) is 0 Å². The van der Waals surface area contributed by atoms with Gasteiger partial charge in [-0.1, -0.05) is 0 Å². The molecular weight excluding hydrogens is 527 g/mol. The van der Waals surface area contributed by atoms with E-state index in [1.807, 2.05) is 41.5 Å². The third-order valence-corrected chi connectivity index (χ3v) is 4.58. The van der Waals surface area contributed by atoms with Crippen LogP contribution < -0.4 is 16.0 Å². The van der Waals surface area contributed by atoms with Crippen LogP contribution in [0.3, 0.4) is 0 Å². The number of nitrogens with one attached hydrogen (secondary N) is 3. The fraction of sp³-hybridized carbons (Fsp3) is 0.619. The molecule has 0 radical (unpaired) electrons. The third kappa shape index (κ3) is 8.08. The van der Waals surface area contributed by atoms with Crippen molar-refractivity contribution in [3.8, 4) is 0 Å². The summed E-state index contributed by atoms with van der Waals surface area (Å²) in [4.78, 5) is 34.7. The molecule has 1 fully saturated rings. The first-order valence-corrected chi connectivity index (χ1v) is 10.3. The van der Waals surface area contributed by atoms with Crippen LogP contribution in [0.1, 0.15) is 41.5 Å². The maximum atomic E-state index is 12.8. The van der Waals surface area contributed by atoms with Gasteiger partial charge in [-0.25, -0.2) is 4.79 Å². The zero-order valence-electron chi connectivity index (χ0n) is 19.8. The maximum absolute atomic E-state index is 12.8. The van der Waals surface area contributed by atoms with Gasteiger partial charge in [0.25, 0.3) is 0 Å². The molecule has 2 heterocycles. The lowest BCUT2D eigenvalue weighted by Gasteiger charge is -2.35. The Bertz CT molecular complexity index is 797. The van der Waals surface area contributed by atoms with E-state index in [0.717, 1.165) is 0 Å². The standard InChI is InChI=1S/C21H34N6O4.HI/c1-14-16(27(21(5,6)30-14)19(29)31-20(2,3)4)12-24-18(22-7)25-13-17(28)26-15-9-8-10-23-11-15;/h8-11,14,16H,12-13H2,1-7H3,(H,26,28)(H2,22,24,25);1H. The first-order chi connectivity index (χ1) is 14.4. The Kier molecular flexibility index (Phi) is 10.1. The largest absolute Gasteiger partial charge is 0.444 e. The van der Waals surface area contributed by atoms with Crippen molar-refractivity contribution in [2.45, 2.75) is 65.0 Å². The van der Waals surface area contributed by atoms with Gasteiger partial charge < -0.3 is 25.4 Å². The Labute approximate surface area is 206 Å². The predicted octanol–water partition coefficient (Wildman–Crippen LogP) is 2.56. The van der Waals surface area contributed by atoms with Gasteiger partial charge in [-0.15, -0.1) is 24.0 Å². The van der Waals surface area contributed by atoms with E-state index in [-0.39, 0.29) is 48.6 Å². The lowest BCUT2D eigenvalue weighted by Crippen LogP contribution is -2.54. The van der Waals surface area contributed by atoms with Gasteiger partial charge in [0.2, 0.25) is 5.91 Å². The van der Waals surface area contributed by atoms with Crippen molar-refractivity contribution in [3.05, 3.63) is 24.5 Å². The van der Waals surface area contributed by atoms with E-state index in [1.54, 1.807) is 36.5 Å². The Morgan fingerprint density at radius 1 is 1.31 bits per heavy atom. The van der Waals surface area contributed by atoms with Crippen LogP contribution in [-0.4, -0.2) is 71.5 Å². The Morgan fingerprint density at radius 2 is 2.00 bits per heavy atom. The monoisotopic (exact) mass is 562 g/mol. The molecule has 3 N–H and O–H groups in total. The average molecular weight is 562 g/mol. The Morgan fingerprint density at radius 3 is 2.56 bits per heavy atom. The average Bonchev–Trinajstić information content (AvgIpc) is 2.89. The second-order valence-corrected chi connectivity index (χ2v) is 8.78. The first-order valence-electron chi connectivity index (χ1n) is 10.3. The van der Waals surface area contributed by atoms with E-state index in [9.17, 15) is 9.59 Å². The molecule has 10 nitrogen and oxygen atoms in total. The van der Waals surface area contributed by atoms with Crippen molar-refractivity contribution in [2.75, 3.05) is 25.5 Å². The number of aliphatic imine (C=N–C) groups is 1. The van der Waals surface area contributed by atoms with E-state index in [0.29, 0.717) is 18.2 Å². The number of hydrogen-bond donors (Lipinski definition) is 3. The summed E-state index contributed by atoms with van der Waals surface area (Å²) >= 11 is 0. The number of nitrogens with zero attached hydrogens (tertiary/aromatic N) is 3. The van der Waals surface area contributed by atoms with Gasteiger partial charge in [0.05, 0.1) is 30.6 Å². The zero-order chi connectivity index (χ0) is 23.2. The molecule has 1 aliphatic rings. The molecule has 0 aliphatic carbocycles. The highest BCUT2D eigenvalue weighted by Gasteiger charge is 2.49. The van der Waals surface area contributed by atoms with Gasteiger partial charge in [-0.3, -0.25) is 19.7 Å². The fourth-order valence-electron chi connectivity index (χ4n) is 3.35. The number of hydrogen-bond acceptors (Lipinski definition) is 6. The fourth-order valence-corrected chi connectivity index (χ4v) is 3.35. The molecule has 1 aromatic heterocycles. The summed E-state index contributed by atoms with van der Waals surface area (Å²) in [6, 6.07) is 3.21. The molecule has 32 heavy (non-hydrogen) atoms. The Hall–Kier alpha value is -2.15. The van der Waals surface area contributed by atoms with Gasteiger partial charge in [-0.2, -0.15) is 0 Å². The number of ether oxygens (including phenoxy) is 2.